The minimum absolute atomic E-state index is 0.0748. The highest BCUT2D eigenvalue weighted by Gasteiger charge is 2.48. The maximum Gasteiger partial charge on any atom is 0.200 e. The number of ether oxygens (including phenoxy) is 1. The first-order valence-electron chi connectivity index (χ1n) is 8.11. The van der Waals surface area contributed by atoms with Gasteiger partial charge in [0.15, 0.2) is 5.81 Å². The van der Waals surface area contributed by atoms with E-state index in [2.05, 4.69) is 27.7 Å². The number of allylic oxidation sites excluding steroid dienone is 2. The summed E-state index contributed by atoms with van der Waals surface area (Å²) in [6.07, 6.45) is 3.12. The number of rotatable bonds is 3. The van der Waals surface area contributed by atoms with Gasteiger partial charge in [-0.3, -0.25) is 4.79 Å². The van der Waals surface area contributed by atoms with Crippen LogP contribution in [0.4, 0.5) is 4.79 Å². The summed E-state index contributed by atoms with van der Waals surface area (Å²) in [6.45, 7) is 12.8. The van der Waals surface area contributed by atoms with Gasteiger partial charge in [-0.15, -0.1) is 0 Å². The normalized spacial score (nSPS) is 35.6. The van der Waals surface area contributed by atoms with Crippen LogP contribution in [-0.4, -0.2) is 36.4 Å². The van der Waals surface area contributed by atoms with Gasteiger partial charge in [0.1, 0.15) is 5.72 Å². The van der Waals surface area contributed by atoms with E-state index >= 15 is 0 Å². The van der Waals surface area contributed by atoms with Crippen LogP contribution in [0.15, 0.2) is 11.1 Å². The summed E-state index contributed by atoms with van der Waals surface area (Å²) in [4.78, 5) is 13.5. The molecule has 0 bridgehead atoms. The van der Waals surface area contributed by atoms with Crippen LogP contribution in [0.5, 0.6) is 0 Å². The molecule has 1 aliphatic heterocycles. The van der Waals surface area contributed by atoms with Crippen LogP contribution >= 0.6 is 0 Å². The zero-order valence-electron chi connectivity index (χ0n) is 14.3. The molecule has 0 saturated carbocycles. The lowest BCUT2D eigenvalue weighted by atomic mass is 9.85. The van der Waals surface area contributed by atoms with Crippen molar-refractivity contribution >= 4 is 13.7 Å². The average Bonchev–Trinajstić information content (AvgIpc) is 2.76. The van der Waals surface area contributed by atoms with E-state index in [1.165, 1.54) is 17.6 Å². The highest BCUT2D eigenvalue weighted by molar-refractivity contribution is 6.57. The average molecular weight is 289 g/mol. The molecule has 1 heterocycles. The predicted molar refractivity (Wildman–Crippen MR) is 86.3 cm³/mol. The largest absolute Gasteiger partial charge is 0.351 e. The van der Waals surface area contributed by atoms with Crippen LogP contribution in [0.3, 0.4) is 0 Å². The van der Waals surface area contributed by atoms with Crippen molar-refractivity contribution in [3.8, 4) is 0 Å². The molecule has 0 aromatic carbocycles. The fourth-order valence-corrected chi connectivity index (χ4v) is 4.34. The van der Waals surface area contributed by atoms with Crippen molar-refractivity contribution in [3.05, 3.63) is 11.1 Å². The van der Waals surface area contributed by atoms with Crippen molar-refractivity contribution < 1.29 is 9.53 Å². The number of nitrogens with zero attached hydrogens (tertiary/aromatic N) is 1. The third-order valence-electron chi connectivity index (χ3n) is 5.47. The molecule has 0 spiro atoms. The molecular formula is C17H28BNO2. The first-order chi connectivity index (χ1) is 9.69. The zero-order valence-corrected chi connectivity index (χ0v) is 14.3. The number of carbonyl (C=O) groups excluding carboxylic acids is 1. The van der Waals surface area contributed by atoms with Crippen LogP contribution in [0.1, 0.15) is 60.8 Å². The van der Waals surface area contributed by atoms with Crippen LogP contribution in [0.25, 0.3) is 0 Å². The van der Waals surface area contributed by atoms with Crippen molar-refractivity contribution in [1.29, 1.82) is 0 Å². The maximum absolute atomic E-state index is 11.8. The second kappa shape index (κ2) is 5.79. The molecule has 116 valence electrons. The molecule has 1 fully saturated rings. The lowest BCUT2D eigenvalue weighted by Gasteiger charge is -2.33. The Labute approximate surface area is 130 Å². The molecule has 2 aliphatic rings. The van der Waals surface area contributed by atoms with Gasteiger partial charge in [-0.25, -0.2) is 0 Å². The summed E-state index contributed by atoms with van der Waals surface area (Å²) in [5.41, 5.74) is 2.42. The molecule has 1 amide bonds. The Morgan fingerprint density at radius 2 is 2.05 bits per heavy atom. The molecule has 0 N–H and O–H groups in total. The number of hydrogen-bond acceptors (Lipinski definition) is 2. The number of amides is 1. The van der Waals surface area contributed by atoms with Gasteiger partial charge in [0.05, 0.1) is 12.1 Å². The molecule has 3 nitrogen and oxygen atoms in total. The topological polar surface area (TPSA) is 29.5 Å². The first kappa shape index (κ1) is 16.6. The molecule has 1 saturated heterocycles. The van der Waals surface area contributed by atoms with Crippen LogP contribution in [0, 0.1) is 11.8 Å². The van der Waals surface area contributed by atoms with E-state index in [4.69, 9.17) is 12.6 Å². The van der Waals surface area contributed by atoms with Crippen molar-refractivity contribution in [3.63, 3.8) is 0 Å². The Hall–Kier alpha value is -0.765. The van der Waals surface area contributed by atoms with Crippen molar-refractivity contribution in [2.24, 2.45) is 11.8 Å². The van der Waals surface area contributed by atoms with E-state index < -0.39 is 5.72 Å². The second-order valence-corrected chi connectivity index (χ2v) is 7.27. The number of carbonyl (C=O) groups is 1. The van der Waals surface area contributed by atoms with Gasteiger partial charge >= 0.3 is 0 Å². The molecule has 4 heteroatoms. The smallest absolute Gasteiger partial charge is 0.200 e. The van der Waals surface area contributed by atoms with E-state index in [1.807, 2.05) is 13.8 Å². The summed E-state index contributed by atoms with van der Waals surface area (Å²) < 4.78 is 6.22. The Kier molecular flexibility index (Phi) is 4.58. The first-order valence-corrected chi connectivity index (χ1v) is 8.11. The van der Waals surface area contributed by atoms with E-state index in [1.54, 1.807) is 4.90 Å². The molecule has 4 atom stereocenters. The monoisotopic (exact) mass is 289 g/mol. The molecular weight excluding hydrogens is 261 g/mol. The Bertz CT molecular complexity index is 458. The molecule has 4 unspecified atom stereocenters. The lowest BCUT2D eigenvalue weighted by Crippen LogP contribution is -2.47. The van der Waals surface area contributed by atoms with Crippen molar-refractivity contribution in [2.45, 2.75) is 78.7 Å². The van der Waals surface area contributed by atoms with Crippen LogP contribution in [-0.2, 0) is 4.74 Å². The van der Waals surface area contributed by atoms with E-state index in [0.29, 0.717) is 11.8 Å². The highest BCUT2D eigenvalue weighted by atomic mass is 16.5. The standard InChI is InChI=1S/C17H28BNO2/c1-7-14-15(21-17(5,6)19(14)16(18)20)9-13-11(3)8-10(2)12(13)4/h11,13-15H,7-9H2,1-6H3. The Morgan fingerprint density at radius 1 is 1.43 bits per heavy atom. The van der Waals surface area contributed by atoms with Gasteiger partial charge in [0, 0.05) is 0 Å². The van der Waals surface area contributed by atoms with Crippen molar-refractivity contribution in [2.75, 3.05) is 0 Å². The lowest BCUT2D eigenvalue weighted by molar-refractivity contribution is -0.0630. The summed E-state index contributed by atoms with van der Waals surface area (Å²) in [7, 11) is 5.58. The maximum atomic E-state index is 11.8. The third kappa shape index (κ3) is 2.92. The number of hydrogen-bond donors (Lipinski definition) is 0. The van der Waals surface area contributed by atoms with E-state index in [-0.39, 0.29) is 18.0 Å². The highest BCUT2D eigenvalue weighted by Crippen LogP contribution is 2.43. The Balaban J connectivity index is 2.19. The fraction of sp³-hybridized carbons (Fsp3) is 0.824. The predicted octanol–water partition coefficient (Wildman–Crippen LogP) is 3.87. The van der Waals surface area contributed by atoms with E-state index in [0.717, 1.165) is 12.8 Å². The third-order valence-corrected chi connectivity index (χ3v) is 5.47. The van der Waals surface area contributed by atoms with Gasteiger partial charge in [0.25, 0.3) is 0 Å². The zero-order chi connectivity index (χ0) is 15.9. The molecule has 0 aromatic heterocycles. The molecule has 1 aliphatic carbocycles. The summed E-state index contributed by atoms with van der Waals surface area (Å²) >= 11 is 0. The summed E-state index contributed by atoms with van der Waals surface area (Å²) in [5.74, 6) is 0.849. The van der Waals surface area contributed by atoms with Gasteiger partial charge in [-0.05, 0) is 58.8 Å². The second-order valence-electron chi connectivity index (χ2n) is 7.27. The van der Waals surface area contributed by atoms with Crippen LogP contribution < -0.4 is 0 Å². The molecule has 2 rings (SSSR count). The summed E-state index contributed by atoms with van der Waals surface area (Å²) in [5, 5.41) is 0. The van der Waals surface area contributed by atoms with Crippen LogP contribution in [0.2, 0.25) is 0 Å². The molecule has 21 heavy (non-hydrogen) atoms. The van der Waals surface area contributed by atoms with Gasteiger partial charge in [-0.2, -0.15) is 0 Å². The quantitative estimate of drug-likeness (QED) is 0.583. The Morgan fingerprint density at radius 3 is 2.48 bits per heavy atom. The van der Waals surface area contributed by atoms with E-state index in [9.17, 15) is 4.79 Å². The van der Waals surface area contributed by atoms with Gasteiger partial charge in [0.2, 0.25) is 7.85 Å². The van der Waals surface area contributed by atoms with Crippen molar-refractivity contribution in [1.82, 2.24) is 4.90 Å². The minimum atomic E-state index is -0.605. The fourth-order valence-electron chi connectivity index (χ4n) is 4.34. The van der Waals surface area contributed by atoms with Gasteiger partial charge < -0.3 is 9.64 Å². The molecule has 2 radical (unpaired) electrons. The summed E-state index contributed by atoms with van der Waals surface area (Å²) in [6, 6.07) is 0.0819. The van der Waals surface area contributed by atoms with Gasteiger partial charge in [-0.1, -0.05) is 25.0 Å². The SMILES string of the molecule is [B]C(=O)N1C(CC)C(CC2C(C)=C(C)CC2C)OC1(C)C. The minimum Gasteiger partial charge on any atom is -0.351 e. The molecule has 0 aromatic rings.